The molecule has 0 bridgehead atoms. The molecule has 0 N–H and O–H groups in total. The molecule has 1 aromatic heterocycles. The Hall–Kier alpha value is -2.30. The van der Waals surface area contributed by atoms with E-state index in [0.717, 1.165) is 41.6 Å². The first-order valence-electron chi connectivity index (χ1n) is 6.40. The topological polar surface area (TPSA) is 49.2 Å². The van der Waals surface area contributed by atoms with Gasteiger partial charge in [-0.2, -0.15) is 5.10 Å². The number of benzene rings is 1. The maximum Gasteiger partial charge on any atom is 0.158 e. The lowest BCUT2D eigenvalue weighted by Gasteiger charge is -2.02. The van der Waals surface area contributed by atoms with Gasteiger partial charge in [-0.3, -0.25) is 0 Å². The molecule has 0 aliphatic heterocycles. The summed E-state index contributed by atoms with van der Waals surface area (Å²) < 4.78 is 12.0. The quantitative estimate of drug-likeness (QED) is 0.759. The number of hydrogen-bond acceptors (Lipinski definition) is 4. The van der Waals surface area contributed by atoms with E-state index in [9.17, 15) is 0 Å². The van der Waals surface area contributed by atoms with Gasteiger partial charge in [0.25, 0.3) is 0 Å². The first-order valence-corrected chi connectivity index (χ1v) is 6.40. The van der Waals surface area contributed by atoms with E-state index in [1.54, 1.807) is 18.9 Å². The van der Waals surface area contributed by atoms with Crippen molar-refractivity contribution in [1.29, 1.82) is 0 Å². The fourth-order valence-electron chi connectivity index (χ4n) is 1.89. The highest BCUT2D eigenvalue weighted by Gasteiger charge is 2.10. The number of aromatic nitrogens is 3. The maximum atomic E-state index is 5.15. The number of nitrogens with zero attached hydrogens (tertiary/aromatic N) is 3. The molecule has 1 heterocycles. The van der Waals surface area contributed by atoms with Gasteiger partial charge in [0.1, 0.15) is 5.75 Å². The second kappa shape index (κ2) is 6.23. The van der Waals surface area contributed by atoms with Crippen LogP contribution in [0.3, 0.4) is 0 Å². The van der Waals surface area contributed by atoms with Crippen molar-refractivity contribution in [1.82, 2.24) is 14.8 Å². The molecule has 2 aromatic rings. The first kappa shape index (κ1) is 14.1. The van der Waals surface area contributed by atoms with Crippen LogP contribution in [-0.2, 0) is 18.2 Å². The molecule has 0 saturated carbocycles. The van der Waals surface area contributed by atoms with Crippen molar-refractivity contribution in [2.24, 2.45) is 7.05 Å². The minimum atomic E-state index is 0.719. The highest BCUT2D eigenvalue weighted by molar-refractivity contribution is 5.56. The minimum absolute atomic E-state index is 0.719. The van der Waals surface area contributed by atoms with Gasteiger partial charge in [0.2, 0.25) is 0 Å². The third-order valence-electron chi connectivity index (χ3n) is 3.07. The van der Waals surface area contributed by atoms with Gasteiger partial charge in [-0.1, -0.05) is 6.58 Å². The molecule has 2 rings (SSSR count). The molecule has 0 amide bonds. The van der Waals surface area contributed by atoms with Crippen LogP contribution in [0.15, 0.2) is 36.6 Å². The molecule has 0 aliphatic carbocycles. The van der Waals surface area contributed by atoms with Gasteiger partial charge in [-0.25, -0.2) is 9.67 Å². The molecule has 0 saturated heterocycles. The normalized spacial score (nSPS) is 10.3. The van der Waals surface area contributed by atoms with E-state index in [1.165, 1.54) is 0 Å². The average molecular weight is 273 g/mol. The summed E-state index contributed by atoms with van der Waals surface area (Å²) in [7, 11) is 5.16. The zero-order valence-corrected chi connectivity index (χ0v) is 12.1. The van der Waals surface area contributed by atoms with Gasteiger partial charge >= 0.3 is 0 Å². The van der Waals surface area contributed by atoms with E-state index in [2.05, 4.69) is 16.7 Å². The number of allylic oxidation sites excluding steroid dienone is 1. The van der Waals surface area contributed by atoms with Gasteiger partial charge in [0.15, 0.2) is 11.6 Å². The predicted molar refractivity (Wildman–Crippen MR) is 77.5 cm³/mol. The Kier molecular flexibility index (Phi) is 4.40. The Morgan fingerprint density at radius 3 is 2.55 bits per heavy atom. The second-order valence-corrected chi connectivity index (χ2v) is 4.45. The third kappa shape index (κ3) is 3.17. The molecule has 20 heavy (non-hydrogen) atoms. The lowest BCUT2D eigenvalue weighted by Crippen LogP contribution is -1.95. The molecule has 5 heteroatoms. The van der Waals surface area contributed by atoms with Crippen LogP contribution in [0.25, 0.3) is 11.4 Å². The molecular formula is C15H19N3O2. The summed E-state index contributed by atoms with van der Waals surface area (Å²) in [6.07, 6.45) is 1.44. The largest absolute Gasteiger partial charge is 0.502 e. The molecular weight excluding hydrogens is 254 g/mol. The van der Waals surface area contributed by atoms with E-state index in [4.69, 9.17) is 9.47 Å². The fraction of sp³-hybridized carbons (Fsp3) is 0.333. The number of methoxy groups -OCH3 is 2. The summed E-state index contributed by atoms with van der Waals surface area (Å²) in [6, 6.07) is 7.77. The van der Waals surface area contributed by atoms with Crippen molar-refractivity contribution >= 4 is 0 Å². The van der Waals surface area contributed by atoms with E-state index < -0.39 is 0 Å². The minimum Gasteiger partial charge on any atom is -0.502 e. The van der Waals surface area contributed by atoms with Crippen LogP contribution in [-0.4, -0.2) is 29.0 Å². The van der Waals surface area contributed by atoms with Gasteiger partial charge in [0.05, 0.1) is 20.0 Å². The Labute approximate surface area is 118 Å². The predicted octanol–water partition coefficient (Wildman–Crippen LogP) is 2.58. The van der Waals surface area contributed by atoms with Crippen molar-refractivity contribution in [3.8, 4) is 17.1 Å². The summed E-state index contributed by atoms with van der Waals surface area (Å²) >= 11 is 0. The summed E-state index contributed by atoms with van der Waals surface area (Å²) in [4.78, 5) is 4.56. The summed E-state index contributed by atoms with van der Waals surface area (Å²) in [5.41, 5.74) is 1.01. The van der Waals surface area contributed by atoms with E-state index in [1.807, 2.05) is 31.3 Å². The molecule has 0 aliphatic rings. The second-order valence-electron chi connectivity index (χ2n) is 4.45. The Bertz CT molecular complexity index is 588. The van der Waals surface area contributed by atoms with Crippen LogP contribution in [0, 0.1) is 0 Å². The molecule has 5 nitrogen and oxygen atoms in total. The number of ether oxygens (including phenoxy) is 2. The van der Waals surface area contributed by atoms with Gasteiger partial charge in [0, 0.05) is 25.5 Å². The Balaban J connectivity index is 2.15. The van der Waals surface area contributed by atoms with Crippen molar-refractivity contribution in [3.05, 3.63) is 42.4 Å². The van der Waals surface area contributed by atoms with Crippen LogP contribution in [0.1, 0.15) is 12.2 Å². The molecule has 0 atom stereocenters. The number of hydrogen-bond donors (Lipinski definition) is 0. The molecule has 106 valence electrons. The lowest BCUT2D eigenvalue weighted by molar-refractivity contribution is 0.278. The van der Waals surface area contributed by atoms with E-state index in [0.29, 0.717) is 0 Å². The van der Waals surface area contributed by atoms with Crippen molar-refractivity contribution < 1.29 is 9.47 Å². The van der Waals surface area contributed by atoms with Crippen molar-refractivity contribution in [2.75, 3.05) is 14.2 Å². The molecule has 0 spiro atoms. The Morgan fingerprint density at radius 2 is 1.95 bits per heavy atom. The molecule has 1 aromatic carbocycles. The fourth-order valence-corrected chi connectivity index (χ4v) is 1.89. The molecule has 0 radical (unpaired) electrons. The van der Waals surface area contributed by atoms with Crippen LogP contribution in [0.4, 0.5) is 0 Å². The average Bonchev–Trinajstić information content (AvgIpc) is 2.86. The maximum absolute atomic E-state index is 5.15. The van der Waals surface area contributed by atoms with Crippen molar-refractivity contribution in [2.45, 2.75) is 12.8 Å². The summed E-state index contributed by atoms with van der Waals surface area (Å²) in [6.45, 7) is 3.80. The standard InChI is InChI=1S/C15H19N3O2/c1-11(19-3)5-10-14-16-15(18(2)17-14)12-6-8-13(20-4)9-7-12/h6-9H,1,5,10H2,2-4H3. The van der Waals surface area contributed by atoms with Crippen LogP contribution in [0.2, 0.25) is 0 Å². The first-order chi connectivity index (χ1) is 9.63. The van der Waals surface area contributed by atoms with Gasteiger partial charge in [-0.05, 0) is 24.3 Å². The molecule has 0 fully saturated rings. The van der Waals surface area contributed by atoms with Crippen LogP contribution >= 0.6 is 0 Å². The van der Waals surface area contributed by atoms with Crippen molar-refractivity contribution in [3.63, 3.8) is 0 Å². The van der Waals surface area contributed by atoms with Gasteiger partial charge in [-0.15, -0.1) is 0 Å². The Morgan fingerprint density at radius 1 is 1.25 bits per heavy atom. The third-order valence-corrected chi connectivity index (χ3v) is 3.07. The highest BCUT2D eigenvalue weighted by Crippen LogP contribution is 2.20. The number of rotatable bonds is 6. The van der Waals surface area contributed by atoms with E-state index in [-0.39, 0.29) is 0 Å². The van der Waals surface area contributed by atoms with E-state index >= 15 is 0 Å². The lowest BCUT2D eigenvalue weighted by atomic mass is 10.2. The zero-order chi connectivity index (χ0) is 14.5. The smallest absolute Gasteiger partial charge is 0.158 e. The summed E-state index contributed by atoms with van der Waals surface area (Å²) in [5, 5.41) is 4.41. The highest BCUT2D eigenvalue weighted by atomic mass is 16.5. The SMILES string of the molecule is C=C(CCc1nc(-c2ccc(OC)cc2)n(C)n1)OC. The zero-order valence-electron chi connectivity index (χ0n) is 12.1. The van der Waals surface area contributed by atoms with Crippen LogP contribution in [0.5, 0.6) is 5.75 Å². The van der Waals surface area contributed by atoms with Crippen LogP contribution < -0.4 is 4.74 Å². The summed E-state index contributed by atoms with van der Waals surface area (Å²) in [5.74, 6) is 3.19. The van der Waals surface area contributed by atoms with Gasteiger partial charge < -0.3 is 9.47 Å². The molecule has 0 unspecified atom stereocenters. The monoisotopic (exact) mass is 273 g/mol. The number of aryl methyl sites for hydroxylation is 2.